The minimum atomic E-state index is -0.990. The second-order valence-corrected chi connectivity index (χ2v) is 8.00. The molecule has 2 aromatic carbocycles. The molecule has 10 nitrogen and oxygen atoms in total. The molecule has 11 heteroatoms. The largest absolute Gasteiger partial charge is 0.497 e. The van der Waals surface area contributed by atoms with Gasteiger partial charge in [-0.15, -0.1) is 0 Å². The standard InChI is InChI=1S/C23H25N5O5S/c1-13(22(30)26-12-14-7-5-4-6-8-14)28(16-11-15(32-2)9-10-17(16)33-3)23(31)20-18(24)19(21(25)29)27-34-20/h4-11,13H,12,24H2,1-3H3,(H2,25,29)(H,26,30). The first-order chi connectivity index (χ1) is 16.3. The minimum Gasteiger partial charge on any atom is -0.497 e. The van der Waals surface area contributed by atoms with E-state index in [4.69, 9.17) is 20.9 Å². The molecule has 5 N–H and O–H groups in total. The summed E-state index contributed by atoms with van der Waals surface area (Å²) in [6, 6.07) is 13.2. The first kappa shape index (κ1) is 24.5. The van der Waals surface area contributed by atoms with Crippen LogP contribution in [0.25, 0.3) is 0 Å². The second kappa shape index (κ2) is 10.7. The first-order valence-electron chi connectivity index (χ1n) is 10.2. The van der Waals surface area contributed by atoms with Gasteiger partial charge in [-0.1, -0.05) is 30.3 Å². The van der Waals surface area contributed by atoms with Gasteiger partial charge >= 0.3 is 0 Å². The van der Waals surface area contributed by atoms with Crippen molar-refractivity contribution in [2.45, 2.75) is 19.5 Å². The van der Waals surface area contributed by atoms with E-state index in [9.17, 15) is 14.4 Å². The Labute approximate surface area is 200 Å². The number of methoxy groups -OCH3 is 2. The molecule has 0 radical (unpaired) electrons. The number of ether oxygens (including phenoxy) is 2. The number of hydrogen-bond donors (Lipinski definition) is 3. The first-order valence-corrected chi connectivity index (χ1v) is 11.0. The van der Waals surface area contributed by atoms with Gasteiger partial charge in [-0.05, 0) is 36.2 Å². The van der Waals surface area contributed by atoms with Crippen molar-refractivity contribution in [2.75, 3.05) is 24.9 Å². The van der Waals surface area contributed by atoms with Gasteiger partial charge in [-0.25, -0.2) is 0 Å². The van der Waals surface area contributed by atoms with Crippen LogP contribution in [0.3, 0.4) is 0 Å². The third kappa shape index (κ3) is 5.09. The van der Waals surface area contributed by atoms with Crippen LogP contribution in [0.15, 0.2) is 48.5 Å². The van der Waals surface area contributed by atoms with E-state index in [1.807, 2.05) is 30.3 Å². The number of primary amides is 1. The Balaban J connectivity index is 2.02. The molecule has 0 fully saturated rings. The molecule has 0 spiro atoms. The topological polar surface area (TPSA) is 150 Å². The Hall–Kier alpha value is -4.12. The number of benzene rings is 2. The molecule has 1 heterocycles. The summed E-state index contributed by atoms with van der Waals surface area (Å²) in [6.45, 7) is 1.85. The van der Waals surface area contributed by atoms with E-state index in [2.05, 4.69) is 9.69 Å². The highest BCUT2D eigenvalue weighted by Gasteiger charge is 2.34. The third-order valence-corrected chi connectivity index (χ3v) is 5.95. The summed E-state index contributed by atoms with van der Waals surface area (Å²) in [7, 11) is 2.93. The van der Waals surface area contributed by atoms with Crippen molar-refractivity contribution in [1.82, 2.24) is 9.69 Å². The monoisotopic (exact) mass is 483 g/mol. The lowest BCUT2D eigenvalue weighted by Gasteiger charge is -2.29. The maximum Gasteiger partial charge on any atom is 0.272 e. The molecule has 0 aliphatic rings. The molecule has 0 aliphatic heterocycles. The Morgan fingerprint density at radius 1 is 1.12 bits per heavy atom. The molecule has 1 atom stereocenters. The maximum absolute atomic E-state index is 13.7. The lowest BCUT2D eigenvalue weighted by Crippen LogP contribution is -2.48. The molecular weight excluding hydrogens is 458 g/mol. The Morgan fingerprint density at radius 3 is 2.41 bits per heavy atom. The molecule has 3 aromatic rings. The molecule has 3 amide bonds. The number of nitrogens with zero attached hydrogens (tertiary/aromatic N) is 2. The van der Waals surface area contributed by atoms with E-state index in [0.29, 0.717) is 11.5 Å². The maximum atomic E-state index is 13.7. The van der Waals surface area contributed by atoms with Gasteiger partial charge in [0.15, 0.2) is 5.69 Å². The summed E-state index contributed by atoms with van der Waals surface area (Å²) in [6.07, 6.45) is 0. The van der Waals surface area contributed by atoms with Crippen LogP contribution in [0.2, 0.25) is 0 Å². The molecule has 0 saturated carbocycles. The van der Waals surface area contributed by atoms with Crippen LogP contribution in [0.4, 0.5) is 11.4 Å². The fourth-order valence-corrected chi connectivity index (χ4v) is 4.01. The van der Waals surface area contributed by atoms with Crippen LogP contribution < -0.4 is 31.2 Å². The van der Waals surface area contributed by atoms with Crippen LogP contribution in [-0.4, -0.2) is 42.4 Å². The van der Waals surface area contributed by atoms with Crippen molar-refractivity contribution in [3.05, 3.63) is 64.7 Å². The van der Waals surface area contributed by atoms with Gasteiger partial charge in [0.2, 0.25) is 5.91 Å². The summed E-state index contributed by atoms with van der Waals surface area (Å²) in [5.41, 5.74) is 12.1. The normalized spacial score (nSPS) is 11.4. The zero-order valence-corrected chi connectivity index (χ0v) is 19.7. The average molecular weight is 484 g/mol. The van der Waals surface area contributed by atoms with E-state index in [-0.39, 0.29) is 28.5 Å². The number of carbonyl (C=O) groups is 3. The zero-order valence-electron chi connectivity index (χ0n) is 18.9. The number of amides is 3. The molecular formula is C23H25N5O5S. The molecule has 0 saturated heterocycles. The van der Waals surface area contributed by atoms with Gasteiger partial charge < -0.3 is 26.3 Å². The lowest BCUT2D eigenvalue weighted by atomic mass is 10.1. The summed E-state index contributed by atoms with van der Waals surface area (Å²) < 4.78 is 14.7. The quantitative estimate of drug-likeness (QED) is 0.422. The van der Waals surface area contributed by atoms with Crippen LogP contribution in [0.1, 0.15) is 32.6 Å². The van der Waals surface area contributed by atoms with Gasteiger partial charge in [0.1, 0.15) is 22.4 Å². The fraction of sp³-hybridized carbons (Fsp3) is 0.217. The SMILES string of the molecule is COc1ccc(OC)c(N(C(=O)c2snc(C(N)=O)c2N)C(C)C(=O)NCc2ccccc2)c1. The minimum absolute atomic E-state index is 0.0265. The molecule has 0 bridgehead atoms. The van der Waals surface area contributed by atoms with Crippen molar-refractivity contribution < 1.29 is 23.9 Å². The van der Waals surface area contributed by atoms with Crippen molar-refractivity contribution in [3.8, 4) is 11.5 Å². The van der Waals surface area contributed by atoms with Gasteiger partial charge in [0.05, 0.1) is 25.6 Å². The number of nitrogens with one attached hydrogen (secondary N) is 1. The van der Waals surface area contributed by atoms with Gasteiger partial charge in [0, 0.05) is 12.6 Å². The molecule has 3 rings (SSSR count). The molecule has 1 unspecified atom stereocenters. The number of nitrogens with two attached hydrogens (primary N) is 2. The highest BCUT2D eigenvalue weighted by Crippen LogP contribution is 2.36. The van der Waals surface area contributed by atoms with Gasteiger partial charge in [-0.2, -0.15) is 4.37 Å². The van der Waals surface area contributed by atoms with Crippen LogP contribution in [0, 0.1) is 0 Å². The summed E-state index contributed by atoms with van der Waals surface area (Å²) in [4.78, 5) is 39.6. The van der Waals surface area contributed by atoms with Gasteiger partial charge in [0.25, 0.3) is 11.8 Å². The number of carbonyl (C=O) groups excluding carboxylic acids is 3. The highest BCUT2D eigenvalue weighted by atomic mass is 32.1. The highest BCUT2D eigenvalue weighted by molar-refractivity contribution is 7.09. The Morgan fingerprint density at radius 2 is 1.82 bits per heavy atom. The van der Waals surface area contributed by atoms with Crippen molar-refractivity contribution in [1.29, 1.82) is 0 Å². The molecule has 178 valence electrons. The second-order valence-electron chi connectivity index (χ2n) is 7.23. The number of rotatable bonds is 9. The van der Waals surface area contributed by atoms with Crippen molar-refractivity contribution >= 4 is 40.6 Å². The Bertz CT molecular complexity index is 1200. The van der Waals surface area contributed by atoms with Crippen molar-refractivity contribution in [2.24, 2.45) is 5.73 Å². The predicted octanol–water partition coefficient (Wildman–Crippen LogP) is 2.19. The predicted molar refractivity (Wildman–Crippen MR) is 129 cm³/mol. The number of aromatic nitrogens is 1. The number of hydrogen-bond acceptors (Lipinski definition) is 8. The number of anilines is 2. The van der Waals surface area contributed by atoms with E-state index >= 15 is 0 Å². The number of nitrogen functional groups attached to an aromatic ring is 1. The lowest BCUT2D eigenvalue weighted by molar-refractivity contribution is -0.122. The zero-order chi connectivity index (χ0) is 24.8. The van der Waals surface area contributed by atoms with Crippen LogP contribution >= 0.6 is 11.5 Å². The smallest absolute Gasteiger partial charge is 0.272 e. The van der Waals surface area contributed by atoms with Gasteiger partial charge in [-0.3, -0.25) is 19.3 Å². The van der Waals surface area contributed by atoms with E-state index < -0.39 is 23.8 Å². The molecule has 1 aromatic heterocycles. The van der Waals surface area contributed by atoms with E-state index in [1.165, 1.54) is 19.1 Å². The molecule has 34 heavy (non-hydrogen) atoms. The summed E-state index contributed by atoms with van der Waals surface area (Å²) in [5.74, 6) is -1.14. The fourth-order valence-electron chi connectivity index (χ4n) is 3.27. The summed E-state index contributed by atoms with van der Waals surface area (Å²) >= 11 is 0.728. The van der Waals surface area contributed by atoms with E-state index in [0.717, 1.165) is 17.1 Å². The third-order valence-electron chi connectivity index (χ3n) is 5.10. The van der Waals surface area contributed by atoms with Crippen LogP contribution in [-0.2, 0) is 11.3 Å². The van der Waals surface area contributed by atoms with Crippen molar-refractivity contribution in [3.63, 3.8) is 0 Å². The van der Waals surface area contributed by atoms with E-state index in [1.54, 1.807) is 25.1 Å². The average Bonchev–Trinajstić information content (AvgIpc) is 3.24. The molecule has 0 aliphatic carbocycles. The Kier molecular flexibility index (Phi) is 7.69. The van der Waals surface area contributed by atoms with Crippen LogP contribution in [0.5, 0.6) is 11.5 Å². The summed E-state index contributed by atoms with van der Waals surface area (Å²) in [5, 5.41) is 2.84.